The lowest BCUT2D eigenvalue weighted by Crippen LogP contribution is -2.19. The number of hydrogen-bond acceptors (Lipinski definition) is 5. The number of carbonyl (C=O) groups is 2. The molecule has 1 heterocycles. The lowest BCUT2D eigenvalue weighted by molar-refractivity contribution is -0.115. The Hall–Kier alpha value is -4.23. The summed E-state index contributed by atoms with van der Waals surface area (Å²) in [6.45, 7) is 2.16. The summed E-state index contributed by atoms with van der Waals surface area (Å²) in [5, 5.41) is 5.43. The van der Waals surface area contributed by atoms with Gasteiger partial charge in [0.25, 0.3) is 5.91 Å². The van der Waals surface area contributed by atoms with Crippen molar-refractivity contribution in [3.05, 3.63) is 114 Å². The van der Waals surface area contributed by atoms with Crippen LogP contribution in [0.3, 0.4) is 0 Å². The minimum Gasteiger partial charge on any atom is -0.454 e. The third-order valence-corrected chi connectivity index (χ3v) is 6.93. The maximum absolute atomic E-state index is 13.3. The van der Waals surface area contributed by atoms with Crippen LogP contribution in [-0.2, 0) is 4.79 Å². The number of fused-ring (bicyclic) bond motifs is 1. The highest BCUT2D eigenvalue weighted by Crippen LogP contribution is 2.38. The quantitative estimate of drug-likeness (QED) is 0.288. The monoisotopic (exact) mass is 496 g/mol. The van der Waals surface area contributed by atoms with Crippen molar-refractivity contribution in [2.45, 2.75) is 17.1 Å². The summed E-state index contributed by atoms with van der Waals surface area (Å²) < 4.78 is 10.8. The second-order valence-corrected chi connectivity index (χ2v) is 9.49. The van der Waals surface area contributed by atoms with Crippen molar-refractivity contribution in [1.29, 1.82) is 0 Å². The number of amides is 2. The minimum atomic E-state index is -0.482. The average Bonchev–Trinajstić information content (AvgIpc) is 3.37. The van der Waals surface area contributed by atoms with Gasteiger partial charge in [0.2, 0.25) is 12.7 Å². The Morgan fingerprint density at radius 2 is 1.47 bits per heavy atom. The minimum absolute atomic E-state index is 0.151. The maximum Gasteiger partial charge on any atom is 0.255 e. The van der Waals surface area contributed by atoms with Crippen LogP contribution in [0.15, 0.2) is 102 Å². The average molecular weight is 497 g/mol. The second kappa shape index (κ2) is 10.6. The van der Waals surface area contributed by atoms with Gasteiger partial charge in [0.1, 0.15) is 5.25 Å². The van der Waals surface area contributed by atoms with Gasteiger partial charge in [-0.15, -0.1) is 11.8 Å². The standard InChI is InChI=1S/C29H24N2O4S/c1-19-7-9-21(10-8-19)28(32)30-22-11-14-24(15-12-22)36-27(20-5-3-2-4-6-20)29(33)31-23-13-16-25-26(17-23)35-18-34-25/h2-17,27H,18H2,1H3,(H,30,32)(H,31,33). The van der Waals surface area contributed by atoms with Crippen molar-refractivity contribution in [2.24, 2.45) is 0 Å². The van der Waals surface area contributed by atoms with Gasteiger partial charge >= 0.3 is 0 Å². The summed E-state index contributed by atoms with van der Waals surface area (Å²) >= 11 is 1.44. The lowest BCUT2D eigenvalue weighted by Gasteiger charge is -2.17. The van der Waals surface area contributed by atoms with Crippen LogP contribution in [0.25, 0.3) is 0 Å². The van der Waals surface area contributed by atoms with Gasteiger partial charge in [-0.1, -0.05) is 48.0 Å². The number of benzene rings is 4. The Kier molecular flexibility index (Phi) is 6.91. The third kappa shape index (κ3) is 5.53. The summed E-state index contributed by atoms with van der Waals surface area (Å²) in [6.07, 6.45) is 0. The van der Waals surface area contributed by atoms with Gasteiger partial charge in [-0.2, -0.15) is 0 Å². The number of rotatable bonds is 7. The number of thioether (sulfide) groups is 1. The fraction of sp³-hybridized carbons (Fsp3) is 0.103. The highest BCUT2D eigenvalue weighted by atomic mass is 32.2. The van der Waals surface area contributed by atoms with Gasteiger partial charge in [0.05, 0.1) is 0 Å². The van der Waals surface area contributed by atoms with Crippen molar-refractivity contribution in [3.8, 4) is 11.5 Å². The van der Waals surface area contributed by atoms with Gasteiger partial charge in [0.15, 0.2) is 11.5 Å². The molecule has 180 valence electrons. The molecular formula is C29H24N2O4S. The smallest absolute Gasteiger partial charge is 0.255 e. The SMILES string of the molecule is Cc1ccc(C(=O)Nc2ccc(SC(C(=O)Nc3ccc4c(c3)OCO4)c3ccccc3)cc2)cc1. The van der Waals surface area contributed by atoms with Crippen molar-refractivity contribution >= 4 is 35.0 Å². The number of anilines is 2. The first-order valence-corrected chi connectivity index (χ1v) is 12.3. The van der Waals surface area contributed by atoms with E-state index in [1.54, 1.807) is 30.3 Å². The predicted octanol–water partition coefficient (Wildman–Crippen LogP) is 6.45. The normalized spacial score (nSPS) is 12.6. The highest BCUT2D eigenvalue weighted by molar-refractivity contribution is 8.00. The molecule has 0 fully saturated rings. The van der Waals surface area contributed by atoms with Gasteiger partial charge in [-0.25, -0.2) is 0 Å². The molecule has 4 aromatic rings. The number of ether oxygens (including phenoxy) is 2. The van der Waals surface area contributed by atoms with Crippen LogP contribution < -0.4 is 20.1 Å². The zero-order valence-corrected chi connectivity index (χ0v) is 20.4. The van der Waals surface area contributed by atoms with Gasteiger partial charge in [0, 0.05) is 27.9 Å². The summed E-state index contributed by atoms with van der Waals surface area (Å²) in [7, 11) is 0. The van der Waals surface area contributed by atoms with Gasteiger partial charge in [-0.3, -0.25) is 9.59 Å². The molecule has 7 heteroatoms. The van der Waals surface area contributed by atoms with E-state index < -0.39 is 5.25 Å². The molecule has 0 radical (unpaired) electrons. The van der Waals surface area contributed by atoms with Crippen LogP contribution in [0.4, 0.5) is 11.4 Å². The molecule has 5 rings (SSSR count). The van der Waals surface area contributed by atoms with Crippen molar-refractivity contribution < 1.29 is 19.1 Å². The van der Waals surface area contributed by atoms with E-state index in [2.05, 4.69) is 10.6 Å². The van der Waals surface area contributed by atoms with E-state index in [1.165, 1.54) is 11.8 Å². The van der Waals surface area contributed by atoms with E-state index in [1.807, 2.05) is 73.7 Å². The van der Waals surface area contributed by atoms with Crippen LogP contribution in [0.2, 0.25) is 0 Å². The topological polar surface area (TPSA) is 76.7 Å². The summed E-state index contributed by atoms with van der Waals surface area (Å²) in [4.78, 5) is 26.8. The Morgan fingerprint density at radius 1 is 0.778 bits per heavy atom. The van der Waals surface area contributed by atoms with Crippen molar-refractivity contribution in [3.63, 3.8) is 0 Å². The summed E-state index contributed by atoms with van der Waals surface area (Å²) in [6, 6.07) is 29.9. The van der Waals surface area contributed by atoms with Crippen LogP contribution in [0, 0.1) is 6.92 Å². The van der Waals surface area contributed by atoms with E-state index >= 15 is 0 Å². The van der Waals surface area contributed by atoms with E-state index in [0.29, 0.717) is 28.4 Å². The highest BCUT2D eigenvalue weighted by Gasteiger charge is 2.23. The molecule has 0 aromatic heterocycles. The van der Waals surface area contributed by atoms with E-state index in [0.717, 1.165) is 16.0 Å². The van der Waals surface area contributed by atoms with Crippen LogP contribution >= 0.6 is 11.8 Å². The molecule has 0 bridgehead atoms. The van der Waals surface area contributed by atoms with E-state index in [4.69, 9.17) is 9.47 Å². The first-order chi connectivity index (χ1) is 17.5. The molecule has 0 aliphatic carbocycles. The maximum atomic E-state index is 13.3. The lowest BCUT2D eigenvalue weighted by atomic mass is 10.1. The Bertz CT molecular complexity index is 1370. The first-order valence-electron chi connectivity index (χ1n) is 11.5. The Labute approximate surface area is 213 Å². The number of carbonyl (C=O) groups excluding carboxylic acids is 2. The summed E-state index contributed by atoms with van der Waals surface area (Å²) in [5.74, 6) is 0.957. The molecule has 1 unspecified atom stereocenters. The molecule has 0 saturated carbocycles. The largest absolute Gasteiger partial charge is 0.454 e. The molecule has 4 aromatic carbocycles. The second-order valence-electron chi connectivity index (χ2n) is 8.31. The summed E-state index contributed by atoms with van der Waals surface area (Å²) in [5.41, 5.74) is 3.91. The van der Waals surface area contributed by atoms with Crippen LogP contribution in [-0.4, -0.2) is 18.6 Å². The molecule has 1 atom stereocenters. The van der Waals surface area contributed by atoms with Crippen molar-refractivity contribution in [2.75, 3.05) is 17.4 Å². The Balaban J connectivity index is 1.30. The molecule has 1 aliphatic rings. The van der Waals surface area contributed by atoms with Gasteiger partial charge in [-0.05, 0) is 61.0 Å². The number of nitrogens with one attached hydrogen (secondary N) is 2. The molecule has 1 aliphatic heterocycles. The zero-order valence-electron chi connectivity index (χ0n) is 19.6. The molecule has 6 nitrogen and oxygen atoms in total. The molecule has 0 spiro atoms. The predicted molar refractivity (Wildman–Crippen MR) is 142 cm³/mol. The van der Waals surface area contributed by atoms with E-state index in [9.17, 15) is 9.59 Å². The van der Waals surface area contributed by atoms with Crippen molar-refractivity contribution in [1.82, 2.24) is 0 Å². The number of hydrogen-bond donors (Lipinski definition) is 2. The molecular weight excluding hydrogens is 472 g/mol. The third-order valence-electron chi connectivity index (χ3n) is 5.66. The van der Waals surface area contributed by atoms with Gasteiger partial charge < -0.3 is 20.1 Å². The zero-order chi connectivity index (χ0) is 24.9. The molecule has 2 amide bonds. The fourth-order valence-corrected chi connectivity index (χ4v) is 4.77. The molecule has 0 saturated heterocycles. The van der Waals surface area contributed by atoms with E-state index in [-0.39, 0.29) is 18.6 Å². The Morgan fingerprint density at radius 3 is 2.22 bits per heavy atom. The van der Waals surface area contributed by atoms with Crippen LogP contribution in [0.5, 0.6) is 11.5 Å². The van der Waals surface area contributed by atoms with Crippen LogP contribution in [0.1, 0.15) is 26.7 Å². The fourth-order valence-electron chi connectivity index (χ4n) is 3.74. The molecule has 36 heavy (non-hydrogen) atoms. The molecule has 2 N–H and O–H groups in total. The number of aryl methyl sites for hydroxylation is 1. The first kappa shape index (κ1) is 23.5.